The molecule has 0 unspecified atom stereocenters. The van der Waals surface area contributed by atoms with Gasteiger partial charge in [-0.3, -0.25) is 4.18 Å². The summed E-state index contributed by atoms with van der Waals surface area (Å²) in [5.41, 5.74) is 0. The summed E-state index contributed by atoms with van der Waals surface area (Å²) >= 11 is 0. The monoisotopic (exact) mass is 324 g/mol. The number of hydrogen-bond acceptors (Lipinski definition) is 6. The van der Waals surface area contributed by atoms with Crippen LogP contribution < -0.4 is 29.6 Å². The molecule has 0 aliphatic rings. The molecule has 0 saturated carbocycles. The van der Waals surface area contributed by atoms with Crippen molar-refractivity contribution < 1.29 is 55.1 Å². The molecule has 0 spiro atoms. The first-order chi connectivity index (χ1) is 8.77. The van der Waals surface area contributed by atoms with E-state index < -0.39 is 30.0 Å². The van der Waals surface area contributed by atoms with E-state index in [0.717, 1.165) is 13.2 Å². The maximum Gasteiger partial charge on any atom is 1.00 e. The van der Waals surface area contributed by atoms with Gasteiger partial charge in [-0.25, -0.2) is 8.42 Å². The van der Waals surface area contributed by atoms with Gasteiger partial charge in [0.25, 0.3) is 10.1 Å². The van der Waals surface area contributed by atoms with Crippen LogP contribution in [0.2, 0.25) is 0 Å². The van der Waals surface area contributed by atoms with Crippen LogP contribution in [0.4, 0.5) is 0 Å². The van der Waals surface area contributed by atoms with Crippen molar-refractivity contribution in [2.45, 2.75) is 9.79 Å². The number of rotatable bonds is 3. The van der Waals surface area contributed by atoms with Crippen LogP contribution in [0.15, 0.2) is 46.2 Å². The van der Waals surface area contributed by atoms with Gasteiger partial charge in [0.15, 0.2) is 0 Å². The van der Waals surface area contributed by atoms with E-state index in [1.807, 2.05) is 0 Å². The van der Waals surface area contributed by atoms with Crippen LogP contribution in [0.3, 0.4) is 0 Å². The van der Waals surface area contributed by atoms with Crippen molar-refractivity contribution in [2.24, 2.45) is 0 Å². The topological polar surface area (TPSA) is 101 Å². The zero-order valence-electron chi connectivity index (χ0n) is 10.7. The Hall–Kier alpha value is -0.480. The van der Waals surface area contributed by atoms with Crippen molar-refractivity contribution >= 4 is 31.0 Å². The normalized spacial score (nSPS) is 12.1. The summed E-state index contributed by atoms with van der Waals surface area (Å²) in [4.78, 5) is -1.43. The fraction of sp³-hybridized carbons (Fsp3) is 0.0909. The van der Waals surface area contributed by atoms with E-state index >= 15 is 0 Å². The van der Waals surface area contributed by atoms with E-state index in [2.05, 4.69) is 4.18 Å². The molecule has 2 rings (SSSR count). The minimum atomic E-state index is -4.93. The molecule has 0 N–H and O–H groups in total. The molecule has 2 aromatic rings. The third-order valence-electron chi connectivity index (χ3n) is 2.58. The maximum atomic E-state index is 11.9. The minimum absolute atomic E-state index is 0. The molecule has 0 heterocycles. The van der Waals surface area contributed by atoms with E-state index in [1.54, 1.807) is 12.1 Å². The second kappa shape index (κ2) is 6.10. The predicted octanol–water partition coefficient (Wildman–Crippen LogP) is -1.92. The maximum absolute atomic E-state index is 11.9. The zero-order valence-corrected chi connectivity index (χ0v) is 14.4. The van der Waals surface area contributed by atoms with Gasteiger partial charge < -0.3 is 4.55 Å². The Morgan fingerprint density at radius 2 is 1.60 bits per heavy atom. The molecule has 102 valence electrons. The van der Waals surface area contributed by atoms with Crippen LogP contribution in [0.5, 0.6) is 0 Å². The molecule has 20 heavy (non-hydrogen) atoms. The second-order valence-corrected chi connectivity index (χ2v) is 6.69. The standard InChI is InChI=1S/C11H10O6S2.Na/c1-17-19(15,16)11-9-5-3-2-4-8(9)6-7-10(11)18(12,13)14;/h2-7H,1H3,(H,12,13,14);/q;+1/p-1. The van der Waals surface area contributed by atoms with Crippen LogP contribution >= 0.6 is 0 Å². The molecule has 0 fully saturated rings. The van der Waals surface area contributed by atoms with Crippen molar-refractivity contribution in [3.8, 4) is 0 Å². The third kappa shape index (κ3) is 3.22. The van der Waals surface area contributed by atoms with Gasteiger partial charge in [0.1, 0.15) is 15.0 Å². The molecule has 6 nitrogen and oxygen atoms in total. The van der Waals surface area contributed by atoms with E-state index in [-0.39, 0.29) is 34.9 Å². The summed E-state index contributed by atoms with van der Waals surface area (Å²) in [7, 11) is -8.34. The number of benzene rings is 2. The summed E-state index contributed by atoms with van der Waals surface area (Å²) < 4.78 is 61.6. The fourth-order valence-corrected chi connectivity index (χ4v) is 3.88. The van der Waals surface area contributed by atoms with Crippen LogP contribution in [-0.4, -0.2) is 28.5 Å². The number of fused-ring (bicyclic) bond motifs is 1. The zero-order chi connectivity index (χ0) is 14.3. The van der Waals surface area contributed by atoms with E-state index in [4.69, 9.17) is 0 Å². The molecular formula is C11H9NaO6S2. The quantitative estimate of drug-likeness (QED) is 0.371. The molecule has 0 aromatic heterocycles. The van der Waals surface area contributed by atoms with Crippen LogP contribution in [0, 0.1) is 0 Å². The van der Waals surface area contributed by atoms with Gasteiger partial charge in [-0.15, -0.1) is 0 Å². The third-order valence-corrected chi connectivity index (χ3v) is 4.97. The molecule has 0 radical (unpaired) electrons. The molecular weight excluding hydrogens is 315 g/mol. The molecule has 0 amide bonds. The van der Waals surface area contributed by atoms with Gasteiger partial charge in [0.05, 0.1) is 12.0 Å². The average Bonchev–Trinajstić information content (AvgIpc) is 2.36. The molecule has 0 bridgehead atoms. The summed E-state index contributed by atoms with van der Waals surface area (Å²) in [6.45, 7) is 0. The van der Waals surface area contributed by atoms with Crippen LogP contribution in [-0.2, 0) is 24.4 Å². The summed E-state index contributed by atoms with van der Waals surface area (Å²) in [5.74, 6) is 0. The van der Waals surface area contributed by atoms with Crippen LogP contribution in [0.25, 0.3) is 10.8 Å². The summed E-state index contributed by atoms with van der Waals surface area (Å²) in [6, 6.07) is 8.56. The first-order valence-corrected chi connectivity index (χ1v) is 7.87. The van der Waals surface area contributed by atoms with Crippen molar-refractivity contribution in [1.29, 1.82) is 0 Å². The van der Waals surface area contributed by atoms with Crippen molar-refractivity contribution in [3.05, 3.63) is 36.4 Å². The van der Waals surface area contributed by atoms with Crippen molar-refractivity contribution in [3.63, 3.8) is 0 Å². The van der Waals surface area contributed by atoms with Crippen LogP contribution in [0.1, 0.15) is 0 Å². The van der Waals surface area contributed by atoms with Gasteiger partial charge in [-0.05, 0) is 11.5 Å². The van der Waals surface area contributed by atoms with E-state index in [9.17, 15) is 21.4 Å². The minimum Gasteiger partial charge on any atom is -0.744 e. The molecule has 0 saturated heterocycles. The van der Waals surface area contributed by atoms with Gasteiger partial charge in [-0.1, -0.05) is 30.3 Å². The smallest absolute Gasteiger partial charge is 0.744 e. The Morgan fingerprint density at radius 3 is 2.15 bits per heavy atom. The molecule has 0 aliphatic heterocycles. The van der Waals surface area contributed by atoms with Gasteiger partial charge in [0.2, 0.25) is 0 Å². The second-order valence-electron chi connectivity index (χ2n) is 3.69. The van der Waals surface area contributed by atoms with Gasteiger partial charge in [0, 0.05) is 5.39 Å². The summed E-state index contributed by atoms with van der Waals surface area (Å²) in [5, 5.41) is 0.617. The molecule has 0 atom stereocenters. The fourth-order valence-electron chi connectivity index (χ4n) is 1.76. The van der Waals surface area contributed by atoms with Crippen molar-refractivity contribution in [1.82, 2.24) is 0 Å². The SMILES string of the molecule is COS(=O)(=O)c1c(S(=O)(=O)[O-])ccc2ccccc12.[Na+]. The Bertz CT molecular complexity index is 842. The van der Waals surface area contributed by atoms with E-state index in [1.165, 1.54) is 18.2 Å². The Balaban J connectivity index is 0.00000200. The summed E-state index contributed by atoms with van der Waals surface area (Å²) in [6.07, 6.45) is 0. The first-order valence-electron chi connectivity index (χ1n) is 5.05. The Labute approximate surface area is 138 Å². The Morgan fingerprint density at radius 1 is 1.00 bits per heavy atom. The van der Waals surface area contributed by atoms with Gasteiger partial charge in [-0.2, -0.15) is 8.42 Å². The van der Waals surface area contributed by atoms with Crippen molar-refractivity contribution in [2.75, 3.05) is 7.11 Å². The molecule has 0 aliphatic carbocycles. The van der Waals surface area contributed by atoms with E-state index in [0.29, 0.717) is 5.39 Å². The largest absolute Gasteiger partial charge is 1.00 e. The Kier molecular flexibility index (Phi) is 5.36. The van der Waals surface area contributed by atoms with Gasteiger partial charge >= 0.3 is 29.6 Å². The first kappa shape index (κ1) is 17.6. The predicted molar refractivity (Wildman–Crippen MR) is 66.1 cm³/mol. The average molecular weight is 324 g/mol. The molecule has 2 aromatic carbocycles. The molecule has 9 heteroatoms. The number of hydrogen-bond donors (Lipinski definition) is 0.